The maximum absolute atomic E-state index is 11.2. The Bertz CT molecular complexity index is 599. The highest BCUT2D eigenvalue weighted by Crippen LogP contribution is 2.24. The van der Waals surface area contributed by atoms with Crippen LogP contribution in [0.2, 0.25) is 0 Å². The van der Waals surface area contributed by atoms with Crippen molar-refractivity contribution < 1.29 is 4.63 Å². The number of rotatable bonds is 2. The Morgan fingerprint density at radius 2 is 1.21 bits per heavy atom. The summed E-state index contributed by atoms with van der Waals surface area (Å²) in [6, 6.07) is 0. The molecule has 0 saturated heterocycles. The second-order valence-electron chi connectivity index (χ2n) is 2.71. The van der Waals surface area contributed by atoms with Crippen LogP contribution in [0, 0.1) is 10.4 Å². The summed E-state index contributed by atoms with van der Waals surface area (Å²) >= 11 is 0. The van der Waals surface area contributed by atoms with Crippen molar-refractivity contribution in [1.82, 2.24) is 63.4 Å². The van der Waals surface area contributed by atoms with Gasteiger partial charge in [0, 0.05) is 0 Å². The summed E-state index contributed by atoms with van der Waals surface area (Å²) in [5.41, 5.74) is -0.256. The molecule has 0 aliphatic rings. The summed E-state index contributed by atoms with van der Waals surface area (Å²) in [6.07, 6.45) is 0. The largest absolute Gasteiger partial charge is 0.788 e. The minimum Gasteiger partial charge on any atom is -0.788 e. The van der Waals surface area contributed by atoms with Crippen molar-refractivity contribution in [2.75, 3.05) is 0 Å². The minimum atomic E-state index is -0.274. The van der Waals surface area contributed by atoms with Crippen LogP contribution in [0.15, 0.2) is 4.63 Å². The molecule has 0 aromatic carbocycles. The van der Waals surface area contributed by atoms with Gasteiger partial charge in [0.2, 0.25) is 11.6 Å². The second-order valence-corrected chi connectivity index (χ2v) is 2.71. The number of quaternary nitrogens is 2. The van der Waals surface area contributed by atoms with Gasteiger partial charge in [-0.25, -0.2) is 4.63 Å². The van der Waals surface area contributed by atoms with E-state index in [0.29, 0.717) is 0 Å². The van der Waals surface area contributed by atoms with Gasteiger partial charge < -0.3 is 22.7 Å². The van der Waals surface area contributed by atoms with Gasteiger partial charge in [-0.3, -0.25) is 9.69 Å². The van der Waals surface area contributed by atoms with Crippen LogP contribution in [-0.4, -0.2) is 51.1 Å². The summed E-state index contributed by atoms with van der Waals surface area (Å²) in [5.74, 6) is -0.548. The molecule has 15 nitrogen and oxygen atoms in total. The van der Waals surface area contributed by atoms with Gasteiger partial charge >= 0.3 is 0 Å². The molecule has 0 radical (unpaired) electrons. The average Bonchev–Trinajstić information content (AvgIpc) is 2.97. The maximum atomic E-state index is 11.2. The fourth-order valence-corrected chi connectivity index (χ4v) is 1.12. The molecule has 0 fully saturated rings. The number of hydrogen-bond acceptors (Lipinski definition) is 11. The van der Waals surface area contributed by atoms with E-state index in [1.165, 1.54) is 0 Å². The van der Waals surface area contributed by atoms with Crippen LogP contribution in [-0.2, 0) is 0 Å². The van der Waals surface area contributed by atoms with E-state index in [4.69, 9.17) is 0 Å². The van der Waals surface area contributed by atoms with Crippen molar-refractivity contribution in [3.8, 4) is 23.0 Å². The fraction of sp³-hybridized carbons (Fsp3) is 0. The van der Waals surface area contributed by atoms with Crippen LogP contribution >= 0.6 is 0 Å². The van der Waals surface area contributed by atoms with Crippen LogP contribution < -0.4 is 12.3 Å². The third-order valence-electron chi connectivity index (χ3n) is 1.80. The summed E-state index contributed by atoms with van der Waals surface area (Å²) in [5, 5.41) is 48.4. The Balaban J connectivity index is 0.000000902. The van der Waals surface area contributed by atoms with Gasteiger partial charge in [-0.05, 0) is 31.2 Å². The van der Waals surface area contributed by atoms with Gasteiger partial charge in [0.15, 0.2) is 11.4 Å². The van der Waals surface area contributed by atoms with E-state index in [9.17, 15) is 10.4 Å². The molecule has 0 aliphatic carbocycles. The van der Waals surface area contributed by atoms with Crippen molar-refractivity contribution in [3.63, 3.8) is 0 Å². The molecule has 3 aromatic rings. The van der Waals surface area contributed by atoms with E-state index < -0.39 is 0 Å². The topological polar surface area (TPSA) is 245 Å². The number of tetrazole rings is 2. The molecule has 15 heteroatoms. The molecule has 0 aliphatic heterocycles. The molecule has 0 atom stereocenters. The zero-order valence-corrected chi connectivity index (χ0v) is 9.70. The van der Waals surface area contributed by atoms with Crippen molar-refractivity contribution >= 4 is 0 Å². The molecule has 3 rings (SSSR count). The maximum Gasteiger partial charge on any atom is 0.202 e. The SMILES string of the molecule is [NH4+].[NH4+].[O-]n1nnnc1-c1nonc1-c1nnnn1[O-]. The Labute approximate surface area is 102 Å². The lowest BCUT2D eigenvalue weighted by molar-refractivity contribution is 0.309. The van der Waals surface area contributed by atoms with Gasteiger partial charge in [-0.2, -0.15) is 0 Å². The standard InChI is InChI=1S/C4N10O3.2H3N/c15-13-3(5-9-11-13)1-2(8-17-7-1)4-6-10-12-14(4)16;;/h;2*1H3/q-2;;/p+2. The molecule has 8 N–H and O–H groups in total. The van der Waals surface area contributed by atoms with Crippen LogP contribution in [0.1, 0.15) is 0 Å². The molecule has 0 spiro atoms. The van der Waals surface area contributed by atoms with Crippen molar-refractivity contribution in [2.45, 2.75) is 0 Å². The van der Waals surface area contributed by atoms with Crippen LogP contribution in [0.3, 0.4) is 0 Å². The monoisotopic (exact) mass is 272 g/mol. The first-order valence-electron chi connectivity index (χ1n) is 4.02. The normalized spacial score (nSPS) is 9.68. The molecule has 19 heavy (non-hydrogen) atoms. The van der Waals surface area contributed by atoms with E-state index in [-0.39, 0.29) is 45.0 Å². The highest BCUT2D eigenvalue weighted by molar-refractivity contribution is 5.69. The zero-order valence-electron chi connectivity index (χ0n) is 9.70. The predicted molar refractivity (Wildman–Crippen MR) is 57.4 cm³/mol. The molecule has 3 heterocycles. The van der Waals surface area contributed by atoms with Crippen LogP contribution in [0.5, 0.6) is 0 Å². The molecule has 0 bridgehead atoms. The first-order chi connectivity index (χ1) is 8.27. The summed E-state index contributed by atoms with van der Waals surface area (Å²) < 4.78 is 4.41. The predicted octanol–water partition coefficient (Wildman–Crippen LogP) is -1.18. The smallest absolute Gasteiger partial charge is 0.202 e. The van der Waals surface area contributed by atoms with Gasteiger partial charge in [-0.1, -0.05) is 0 Å². The summed E-state index contributed by atoms with van der Waals surface area (Å²) in [7, 11) is 0. The van der Waals surface area contributed by atoms with Crippen molar-refractivity contribution in [2.24, 2.45) is 0 Å². The lowest BCUT2D eigenvalue weighted by Crippen LogP contribution is -1.98. The van der Waals surface area contributed by atoms with E-state index in [2.05, 4.69) is 46.0 Å². The number of aromatic nitrogens is 10. The van der Waals surface area contributed by atoms with E-state index in [0.717, 1.165) is 0 Å². The van der Waals surface area contributed by atoms with Crippen molar-refractivity contribution in [3.05, 3.63) is 10.4 Å². The quantitative estimate of drug-likeness (QED) is 0.561. The highest BCUT2D eigenvalue weighted by atomic mass is 16.6. The third-order valence-corrected chi connectivity index (χ3v) is 1.80. The average molecular weight is 272 g/mol. The molecule has 0 saturated carbocycles. The molecular formula is C4H8N12O3. The molecule has 0 amide bonds. The Hall–Kier alpha value is -3.20. The van der Waals surface area contributed by atoms with Gasteiger partial charge in [0.05, 0.1) is 0 Å². The zero-order chi connectivity index (χ0) is 11.8. The molecular weight excluding hydrogens is 264 g/mol. The van der Waals surface area contributed by atoms with Gasteiger partial charge in [-0.15, -0.1) is 10.2 Å². The number of hydrogen-bond donors (Lipinski definition) is 2. The highest BCUT2D eigenvalue weighted by Gasteiger charge is 2.21. The third kappa shape index (κ3) is 2.00. The van der Waals surface area contributed by atoms with Crippen LogP contribution in [0.4, 0.5) is 0 Å². The van der Waals surface area contributed by atoms with Gasteiger partial charge in [0.1, 0.15) is 0 Å². The first kappa shape index (κ1) is 13.9. The van der Waals surface area contributed by atoms with Crippen molar-refractivity contribution in [1.29, 1.82) is 0 Å². The van der Waals surface area contributed by atoms with Gasteiger partial charge in [0.25, 0.3) is 0 Å². The number of nitrogens with zero attached hydrogens (tertiary/aromatic N) is 10. The van der Waals surface area contributed by atoms with E-state index >= 15 is 0 Å². The Morgan fingerprint density at radius 3 is 1.53 bits per heavy atom. The van der Waals surface area contributed by atoms with Crippen LogP contribution in [0.25, 0.3) is 23.0 Å². The van der Waals surface area contributed by atoms with E-state index in [1.807, 2.05) is 0 Å². The lowest BCUT2D eigenvalue weighted by Gasteiger charge is -2.05. The second kappa shape index (κ2) is 4.98. The summed E-state index contributed by atoms with van der Waals surface area (Å²) in [4.78, 5) is 0.198. The molecule has 102 valence electrons. The fourth-order valence-electron chi connectivity index (χ4n) is 1.12. The van der Waals surface area contributed by atoms with E-state index in [1.54, 1.807) is 0 Å². The molecule has 0 unspecified atom stereocenters. The molecule has 3 aromatic heterocycles. The minimum absolute atomic E-state index is 0. The summed E-state index contributed by atoms with van der Waals surface area (Å²) in [6.45, 7) is 0. The Morgan fingerprint density at radius 1 is 0.789 bits per heavy atom. The first-order valence-corrected chi connectivity index (χ1v) is 4.02. The lowest BCUT2D eigenvalue weighted by atomic mass is 10.3. The Kier molecular flexibility index (Phi) is 3.63.